The molecule has 156 valence electrons. The summed E-state index contributed by atoms with van der Waals surface area (Å²) in [5, 5.41) is 21.0. The van der Waals surface area contributed by atoms with Crippen molar-refractivity contribution in [3.05, 3.63) is 16.8 Å². The minimum atomic E-state index is -0.112. The minimum Gasteiger partial charge on any atom is -0.327 e. The maximum atomic E-state index is 12.7. The summed E-state index contributed by atoms with van der Waals surface area (Å²) in [6.45, 7) is 6.17. The van der Waals surface area contributed by atoms with Crippen molar-refractivity contribution >= 4 is 46.6 Å². The van der Waals surface area contributed by atoms with Crippen molar-refractivity contribution in [1.82, 2.24) is 14.8 Å². The molecule has 0 spiro atoms. The van der Waals surface area contributed by atoms with Crippen molar-refractivity contribution in [3.63, 3.8) is 0 Å². The van der Waals surface area contributed by atoms with Gasteiger partial charge in [0.25, 0.3) is 0 Å². The van der Waals surface area contributed by atoms with Gasteiger partial charge in [-0.3, -0.25) is 4.79 Å². The summed E-state index contributed by atoms with van der Waals surface area (Å²) in [4.78, 5) is 12.7. The average Bonchev–Trinajstić information content (AvgIpc) is 3.43. The Morgan fingerprint density at radius 1 is 1.28 bits per heavy atom. The topological polar surface area (TPSA) is 83.6 Å². The fourth-order valence-electron chi connectivity index (χ4n) is 3.62. The number of carbonyl (C=O) groups is 1. The van der Waals surface area contributed by atoms with Crippen molar-refractivity contribution in [3.8, 4) is 6.07 Å². The Morgan fingerprint density at radius 2 is 1.97 bits per heavy atom. The van der Waals surface area contributed by atoms with Gasteiger partial charge < -0.3 is 9.88 Å². The van der Waals surface area contributed by atoms with Gasteiger partial charge in [-0.2, -0.15) is 5.26 Å². The van der Waals surface area contributed by atoms with Crippen molar-refractivity contribution < 1.29 is 4.79 Å². The Kier molecular flexibility index (Phi) is 8.04. The smallest absolute Gasteiger partial charge is 0.235 e. The van der Waals surface area contributed by atoms with Gasteiger partial charge in [-0.15, -0.1) is 10.2 Å². The number of rotatable bonds is 9. The first-order valence-corrected chi connectivity index (χ1v) is 12.8. The van der Waals surface area contributed by atoms with Crippen LogP contribution in [0.5, 0.6) is 0 Å². The molecule has 0 unspecified atom stereocenters. The molecule has 6 nitrogen and oxygen atoms in total. The Hall–Kier alpha value is -1.50. The summed E-state index contributed by atoms with van der Waals surface area (Å²) in [6.07, 6.45) is 6.92. The SMILES string of the molecule is CCCCSc1nnc(SCC(=O)Nc2c(C#N)c(C)c(C)n2C2CCCC2)s1. The van der Waals surface area contributed by atoms with Crippen LogP contribution in [0.25, 0.3) is 0 Å². The second-order valence-corrected chi connectivity index (χ2v) is 10.8. The van der Waals surface area contributed by atoms with Gasteiger partial charge in [-0.1, -0.05) is 61.0 Å². The van der Waals surface area contributed by atoms with E-state index in [1.54, 1.807) is 11.8 Å². The molecule has 3 rings (SSSR count). The Labute approximate surface area is 184 Å². The molecule has 0 bridgehead atoms. The number of hydrogen-bond acceptors (Lipinski definition) is 7. The van der Waals surface area contributed by atoms with E-state index in [1.807, 2.05) is 13.8 Å². The van der Waals surface area contributed by atoms with E-state index in [0.29, 0.717) is 17.4 Å². The molecule has 0 atom stereocenters. The van der Waals surface area contributed by atoms with Crippen LogP contribution in [0, 0.1) is 25.2 Å². The number of carbonyl (C=O) groups excluding carboxylic acids is 1. The Balaban J connectivity index is 1.65. The van der Waals surface area contributed by atoms with Gasteiger partial charge in [0.1, 0.15) is 11.9 Å². The largest absolute Gasteiger partial charge is 0.327 e. The van der Waals surface area contributed by atoms with Crippen LogP contribution in [-0.2, 0) is 4.79 Å². The fourth-order valence-corrected chi connectivity index (χ4v) is 6.59. The average molecular weight is 450 g/mol. The quantitative estimate of drug-likeness (QED) is 0.398. The van der Waals surface area contributed by atoms with Crippen LogP contribution in [0.3, 0.4) is 0 Å². The van der Waals surface area contributed by atoms with E-state index in [4.69, 9.17) is 0 Å². The number of anilines is 1. The highest BCUT2D eigenvalue weighted by molar-refractivity contribution is 8.03. The van der Waals surface area contributed by atoms with Gasteiger partial charge in [0, 0.05) is 17.5 Å². The van der Waals surface area contributed by atoms with Crippen LogP contribution in [-0.4, -0.2) is 32.2 Å². The number of amides is 1. The Morgan fingerprint density at radius 3 is 2.62 bits per heavy atom. The molecule has 0 aliphatic heterocycles. The molecular weight excluding hydrogens is 422 g/mol. The molecule has 2 heterocycles. The third-order valence-corrected chi connectivity index (χ3v) is 8.53. The first kappa shape index (κ1) is 22.2. The molecule has 0 aromatic carbocycles. The van der Waals surface area contributed by atoms with Crippen LogP contribution in [0.15, 0.2) is 8.68 Å². The molecule has 9 heteroatoms. The van der Waals surface area contributed by atoms with Crippen LogP contribution in [0.4, 0.5) is 5.82 Å². The molecule has 1 aliphatic carbocycles. The van der Waals surface area contributed by atoms with Gasteiger partial charge in [-0.25, -0.2) is 0 Å². The Bertz CT molecular complexity index is 893. The zero-order valence-corrected chi connectivity index (χ0v) is 19.6. The molecule has 2 aromatic rings. The molecule has 1 fully saturated rings. The van der Waals surface area contributed by atoms with Crippen molar-refractivity contribution in [2.45, 2.75) is 74.0 Å². The molecule has 1 N–H and O–H groups in total. The van der Waals surface area contributed by atoms with E-state index in [2.05, 4.69) is 33.1 Å². The van der Waals surface area contributed by atoms with E-state index in [9.17, 15) is 10.1 Å². The lowest BCUT2D eigenvalue weighted by atomic mass is 10.2. The molecule has 1 saturated carbocycles. The minimum absolute atomic E-state index is 0.112. The van der Waals surface area contributed by atoms with Crippen molar-refractivity contribution in [2.24, 2.45) is 0 Å². The second-order valence-electron chi connectivity index (χ2n) is 7.23. The summed E-state index contributed by atoms with van der Waals surface area (Å²) in [7, 11) is 0. The van der Waals surface area contributed by atoms with E-state index in [0.717, 1.165) is 45.0 Å². The number of nitrogens with one attached hydrogen (secondary N) is 1. The normalized spacial score (nSPS) is 14.3. The van der Waals surface area contributed by atoms with Crippen molar-refractivity contribution in [2.75, 3.05) is 16.8 Å². The van der Waals surface area contributed by atoms with Gasteiger partial charge in [0.05, 0.1) is 11.3 Å². The number of unbranched alkanes of at least 4 members (excludes halogenated alkanes) is 1. The number of nitrogens with zero attached hydrogens (tertiary/aromatic N) is 4. The highest BCUT2D eigenvalue weighted by Crippen LogP contribution is 2.38. The fraction of sp³-hybridized carbons (Fsp3) is 0.600. The van der Waals surface area contributed by atoms with E-state index >= 15 is 0 Å². The third kappa shape index (κ3) is 5.36. The van der Waals surface area contributed by atoms with Gasteiger partial charge in [0.2, 0.25) is 5.91 Å². The number of hydrogen-bond donors (Lipinski definition) is 1. The molecule has 0 saturated heterocycles. The molecule has 1 aliphatic rings. The summed E-state index contributed by atoms with van der Waals surface area (Å²) in [6, 6.07) is 2.66. The van der Waals surface area contributed by atoms with E-state index < -0.39 is 0 Å². The maximum absolute atomic E-state index is 12.7. The molecule has 0 radical (unpaired) electrons. The lowest BCUT2D eigenvalue weighted by Crippen LogP contribution is -2.19. The first-order chi connectivity index (χ1) is 14.0. The number of thioether (sulfide) groups is 2. The maximum Gasteiger partial charge on any atom is 0.235 e. The van der Waals surface area contributed by atoms with Gasteiger partial charge in [-0.05, 0) is 38.7 Å². The lowest BCUT2D eigenvalue weighted by molar-refractivity contribution is -0.113. The van der Waals surface area contributed by atoms with Gasteiger partial charge >= 0.3 is 0 Å². The monoisotopic (exact) mass is 449 g/mol. The van der Waals surface area contributed by atoms with Crippen LogP contribution in [0.1, 0.15) is 68.3 Å². The second kappa shape index (κ2) is 10.5. The highest BCUT2D eigenvalue weighted by Gasteiger charge is 2.26. The number of nitriles is 1. The van der Waals surface area contributed by atoms with E-state index in [1.165, 1.54) is 42.4 Å². The predicted molar refractivity (Wildman–Crippen MR) is 121 cm³/mol. The summed E-state index contributed by atoms with van der Waals surface area (Å²) in [5.74, 6) is 1.85. The number of aromatic nitrogens is 3. The predicted octanol–water partition coefficient (Wildman–Crippen LogP) is 5.57. The van der Waals surface area contributed by atoms with E-state index in [-0.39, 0.29) is 11.7 Å². The molecule has 1 amide bonds. The molecule has 29 heavy (non-hydrogen) atoms. The zero-order valence-electron chi connectivity index (χ0n) is 17.2. The third-order valence-electron chi connectivity index (χ3n) is 5.25. The lowest BCUT2D eigenvalue weighted by Gasteiger charge is -2.19. The molecule has 2 aromatic heterocycles. The van der Waals surface area contributed by atoms with Crippen LogP contribution < -0.4 is 5.32 Å². The summed E-state index contributed by atoms with van der Waals surface area (Å²) < 4.78 is 3.93. The summed E-state index contributed by atoms with van der Waals surface area (Å²) >= 11 is 4.65. The standard InChI is InChI=1S/C20H27N5OS3/c1-4-5-10-27-19-23-24-20(29-19)28-12-17(26)22-18-16(11-21)13(2)14(3)25(18)15-8-6-7-9-15/h15H,4-10,12H2,1-3H3,(H,22,26). The molecular formula is C20H27N5OS3. The van der Waals surface area contributed by atoms with Crippen LogP contribution >= 0.6 is 34.9 Å². The first-order valence-electron chi connectivity index (χ1n) is 10.1. The summed E-state index contributed by atoms with van der Waals surface area (Å²) in [5.41, 5.74) is 2.62. The van der Waals surface area contributed by atoms with Crippen LogP contribution in [0.2, 0.25) is 0 Å². The van der Waals surface area contributed by atoms with Gasteiger partial charge in [0.15, 0.2) is 8.68 Å². The zero-order chi connectivity index (χ0) is 20.8. The highest BCUT2D eigenvalue weighted by atomic mass is 32.2. The van der Waals surface area contributed by atoms with Crippen molar-refractivity contribution in [1.29, 1.82) is 5.26 Å².